The Hall–Kier alpha value is -3.69. The number of benzene rings is 3. The van der Waals surface area contributed by atoms with E-state index < -0.39 is 15.7 Å². The minimum atomic E-state index is -3.89. The van der Waals surface area contributed by atoms with Gasteiger partial charge < -0.3 is 10.1 Å². The standard InChI is InChI=1S/C23H17ClFN3O4S/c1-32-18-10-17(11-20(12-18)33(30,31)19-8-4-15(24)5-9-19)26-23(29)22-13-21(27-28-22)14-2-6-16(25)7-3-14/h2-13H,1H3,(H,26,29)(H,27,28). The van der Waals surface area contributed by atoms with E-state index in [0.717, 1.165) is 0 Å². The number of methoxy groups -OCH3 is 1. The molecule has 0 fully saturated rings. The summed E-state index contributed by atoms with van der Waals surface area (Å²) in [7, 11) is -2.50. The molecular weight excluding hydrogens is 469 g/mol. The molecule has 2 N–H and O–H groups in total. The molecule has 1 amide bonds. The molecule has 0 aliphatic heterocycles. The molecule has 0 bridgehead atoms. The van der Waals surface area contributed by atoms with E-state index in [-0.39, 0.29) is 32.7 Å². The highest BCUT2D eigenvalue weighted by atomic mass is 35.5. The average molecular weight is 486 g/mol. The number of rotatable bonds is 6. The summed E-state index contributed by atoms with van der Waals surface area (Å²) >= 11 is 5.86. The molecule has 0 aliphatic carbocycles. The molecule has 0 unspecified atom stereocenters. The van der Waals surface area contributed by atoms with Crippen LogP contribution in [0.3, 0.4) is 0 Å². The third kappa shape index (κ3) is 4.89. The fourth-order valence-corrected chi connectivity index (χ4v) is 4.52. The number of aromatic nitrogens is 2. The van der Waals surface area contributed by atoms with Crippen molar-refractivity contribution < 1.29 is 22.3 Å². The smallest absolute Gasteiger partial charge is 0.273 e. The van der Waals surface area contributed by atoms with Crippen LogP contribution < -0.4 is 10.1 Å². The number of aromatic amines is 1. The van der Waals surface area contributed by atoms with Crippen LogP contribution in [0.25, 0.3) is 11.3 Å². The van der Waals surface area contributed by atoms with Crippen molar-refractivity contribution in [3.63, 3.8) is 0 Å². The van der Waals surface area contributed by atoms with Gasteiger partial charge in [0.05, 0.1) is 22.6 Å². The number of hydrogen-bond acceptors (Lipinski definition) is 5. The van der Waals surface area contributed by atoms with Crippen LogP contribution >= 0.6 is 11.6 Å². The van der Waals surface area contributed by atoms with Gasteiger partial charge in [-0.3, -0.25) is 9.89 Å². The van der Waals surface area contributed by atoms with E-state index in [9.17, 15) is 17.6 Å². The highest BCUT2D eigenvalue weighted by Gasteiger charge is 2.20. The number of carbonyl (C=O) groups excluding carboxylic acids is 1. The predicted molar refractivity (Wildman–Crippen MR) is 122 cm³/mol. The number of halogens is 2. The summed E-state index contributed by atoms with van der Waals surface area (Å²) in [6.07, 6.45) is 0. The Labute approximate surface area is 194 Å². The number of anilines is 1. The molecule has 4 rings (SSSR count). The topological polar surface area (TPSA) is 101 Å². The van der Waals surface area contributed by atoms with Crippen LogP contribution in [-0.2, 0) is 9.84 Å². The van der Waals surface area contributed by atoms with Gasteiger partial charge in [-0.2, -0.15) is 5.10 Å². The van der Waals surface area contributed by atoms with Gasteiger partial charge in [0.2, 0.25) is 9.84 Å². The van der Waals surface area contributed by atoms with E-state index in [4.69, 9.17) is 16.3 Å². The minimum absolute atomic E-state index is 0.0509. The molecule has 0 atom stereocenters. The Kier molecular flexibility index (Phi) is 6.17. The van der Waals surface area contributed by atoms with E-state index in [2.05, 4.69) is 15.5 Å². The number of carbonyl (C=O) groups is 1. The van der Waals surface area contributed by atoms with Crippen molar-refractivity contribution in [2.45, 2.75) is 9.79 Å². The van der Waals surface area contributed by atoms with Gasteiger partial charge >= 0.3 is 0 Å². The molecular formula is C23H17ClFN3O4S. The number of sulfone groups is 1. The second kappa shape index (κ2) is 9.05. The van der Waals surface area contributed by atoms with E-state index in [1.807, 2.05) is 0 Å². The van der Waals surface area contributed by atoms with Crippen LogP contribution in [0.4, 0.5) is 10.1 Å². The van der Waals surface area contributed by atoms with Gasteiger partial charge in [0, 0.05) is 22.3 Å². The summed E-state index contributed by atoms with van der Waals surface area (Å²) in [4.78, 5) is 12.7. The van der Waals surface area contributed by atoms with E-state index >= 15 is 0 Å². The van der Waals surface area contributed by atoms with Crippen molar-refractivity contribution in [2.24, 2.45) is 0 Å². The van der Waals surface area contributed by atoms with Crippen molar-refractivity contribution in [1.29, 1.82) is 0 Å². The first kappa shape index (κ1) is 22.5. The highest BCUT2D eigenvalue weighted by molar-refractivity contribution is 7.91. The van der Waals surface area contributed by atoms with E-state index in [0.29, 0.717) is 16.3 Å². The fourth-order valence-electron chi connectivity index (χ4n) is 3.07. The van der Waals surface area contributed by atoms with Crippen molar-refractivity contribution in [3.8, 4) is 17.0 Å². The molecule has 1 heterocycles. The largest absolute Gasteiger partial charge is 0.497 e. The van der Waals surface area contributed by atoms with Crippen LogP contribution in [0.15, 0.2) is 82.6 Å². The lowest BCUT2D eigenvalue weighted by Crippen LogP contribution is -2.13. The van der Waals surface area contributed by atoms with Crippen molar-refractivity contribution in [3.05, 3.63) is 89.3 Å². The van der Waals surface area contributed by atoms with Gasteiger partial charge in [0.15, 0.2) is 0 Å². The second-order valence-corrected chi connectivity index (χ2v) is 9.37. The molecule has 3 aromatic carbocycles. The molecule has 0 saturated heterocycles. The molecule has 0 spiro atoms. The fraction of sp³-hybridized carbons (Fsp3) is 0.0435. The van der Waals surface area contributed by atoms with Crippen LogP contribution in [0.1, 0.15) is 10.5 Å². The van der Waals surface area contributed by atoms with Gasteiger partial charge in [0.1, 0.15) is 17.3 Å². The maximum Gasteiger partial charge on any atom is 0.273 e. The van der Waals surface area contributed by atoms with E-state index in [1.165, 1.54) is 67.8 Å². The number of ether oxygens (including phenoxy) is 1. The molecule has 0 saturated carbocycles. The number of hydrogen-bond donors (Lipinski definition) is 2. The Morgan fingerprint density at radius 3 is 2.36 bits per heavy atom. The Balaban J connectivity index is 1.61. The van der Waals surface area contributed by atoms with Gasteiger partial charge in [-0.1, -0.05) is 11.6 Å². The zero-order valence-electron chi connectivity index (χ0n) is 17.2. The van der Waals surface area contributed by atoms with Crippen LogP contribution in [-0.4, -0.2) is 31.6 Å². The van der Waals surface area contributed by atoms with Crippen LogP contribution in [0.2, 0.25) is 5.02 Å². The number of H-pyrrole nitrogens is 1. The summed E-state index contributed by atoms with van der Waals surface area (Å²) in [5.74, 6) is -0.675. The maximum atomic E-state index is 13.1. The Bertz CT molecular complexity index is 1420. The molecule has 1 aromatic heterocycles. The quantitative estimate of drug-likeness (QED) is 0.402. The first-order chi connectivity index (χ1) is 15.8. The zero-order chi connectivity index (χ0) is 23.6. The summed E-state index contributed by atoms with van der Waals surface area (Å²) < 4.78 is 44.5. The third-order valence-corrected chi connectivity index (χ3v) is 6.77. The number of amides is 1. The average Bonchev–Trinajstić information content (AvgIpc) is 3.30. The van der Waals surface area contributed by atoms with Gasteiger partial charge in [-0.25, -0.2) is 12.8 Å². The number of nitrogens with one attached hydrogen (secondary N) is 2. The highest BCUT2D eigenvalue weighted by Crippen LogP contribution is 2.29. The molecule has 10 heteroatoms. The molecule has 168 valence electrons. The molecule has 7 nitrogen and oxygen atoms in total. The molecule has 0 radical (unpaired) electrons. The lowest BCUT2D eigenvalue weighted by molar-refractivity contribution is 0.102. The molecule has 4 aromatic rings. The summed E-state index contributed by atoms with van der Waals surface area (Å²) in [5, 5.41) is 9.76. The second-order valence-electron chi connectivity index (χ2n) is 6.98. The lowest BCUT2D eigenvalue weighted by Gasteiger charge is -2.11. The summed E-state index contributed by atoms with van der Waals surface area (Å²) in [6, 6.07) is 17.1. The van der Waals surface area contributed by atoms with Crippen molar-refractivity contribution in [2.75, 3.05) is 12.4 Å². The van der Waals surface area contributed by atoms with Gasteiger partial charge in [-0.15, -0.1) is 0 Å². The summed E-state index contributed by atoms with van der Waals surface area (Å²) in [6.45, 7) is 0. The monoisotopic (exact) mass is 485 g/mol. The van der Waals surface area contributed by atoms with Crippen LogP contribution in [0, 0.1) is 5.82 Å². The first-order valence-electron chi connectivity index (χ1n) is 9.59. The lowest BCUT2D eigenvalue weighted by atomic mass is 10.1. The number of nitrogens with zero attached hydrogens (tertiary/aromatic N) is 1. The SMILES string of the molecule is COc1cc(NC(=O)c2cc(-c3ccc(F)cc3)n[nH]2)cc(S(=O)(=O)c2ccc(Cl)cc2)c1. The zero-order valence-corrected chi connectivity index (χ0v) is 18.7. The Morgan fingerprint density at radius 1 is 1.00 bits per heavy atom. The predicted octanol–water partition coefficient (Wildman–Crippen LogP) is 4.96. The molecule has 33 heavy (non-hydrogen) atoms. The summed E-state index contributed by atoms with van der Waals surface area (Å²) in [5.41, 5.74) is 1.44. The van der Waals surface area contributed by atoms with Gasteiger partial charge in [0.25, 0.3) is 5.91 Å². The normalized spacial score (nSPS) is 11.2. The minimum Gasteiger partial charge on any atom is -0.497 e. The first-order valence-corrected chi connectivity index (χ1v) is 11.4. The van der Waals surface area contributed by atoms with E-state index in [1.54, 1.807) is 12.1 Å². The van der Waals surface area contributed by atoms with Crippen molar-refractivity contribution >= 4 is 33.0 Å². The third-order valence-electron chi connectivity index (χ3n) is 4.77. The Morgan fingerprint density at radius 2 is 1.70 bits per heavy atom. The van der Waals surface area contributed by atoms with Gasteiger partial charge in [-0.05, 0) is 66.7 Å². The van der Waals surface area contributed by atoms with Crippen LogP contribution in [0.5, 0.6) is 5.75 Å². The van der Waals surface area contributed by atoms with Crippen molar-refractivity contribution in [1.82, 2.24) is 10.2 Å². The molecule has 0 aliphatic rings. The maximum absolute atomic E-state index is 13.1.